The average molecular weight is 340 g/mol. The molecule has 5 nitrogen and oxygen atoms in total. The molecule has 0 spiro atoms. The van der Waals surface area contributed by atoms with Crippen LogP contribution in [0.3, 0.4) is 0 Å². The third kappa shape index (κ3) is 4.53. The number of nitrogens with zero attached hydrogens (tertiary/aromatic N) is 1. The molecule has 0 fully saturated rings. The van der Waals surface area contributed by atoms with Crippen molar-refractivity contribution in [2.45, 2.75) is 5.16 Å². The lowest BCUT2D eigenvalue weighted by Crippen LogP contribution is -2.15. The van der Waals surface area contributed by atoms with Crippen LogP contribution >= 0.6 is 27.7 Å². The number of amides is 1. The normalized spacial score (nSPS) is 10.2. The third-order valence-electron chi connectivity index (χ3n) is 2.12. The largest absolute Gasteiger partial charge is 0.325 e. The molecule has 1 aromatic carbocycles. The summed E-state index contributed by atoms with van der Waals surface area (Å²) >= 11 is 4.50. The van der Waals surface area contributed by atoms with Gasteiger partial charge in [0.25, 0.3) is 5.56 Å². The summed E-state index contributed by atoms with van der Waals surface area (Å²) in [6.07, 6.45) is 1.41. The predicted molar refractivity (Wildman–Crippen MR) is 78.4 cm³/mol. The van der Waals surface area contributed by atoms with Crippen molar-refractivity contribution in [3.05, 3.63) is 51.4 Å². The van der Waals surface area contributed by atoms with Gasteiger partial charge in [-0.3, -0.25) is 9.59 Å². The summed E-state index contributed by atoms with van der Waals surface area (Å²) in [5.74, 6) is 0.0297. The molecule has 1 heterocycles. The van der Waals surface area contributed by atoms with Crippen LogP contribution in [0.2, 0.25) is 0 Å². The van der Waals surface area contributed by atoms with Crippen LogP contribution in [0.4, 0.5) is 5.69 Å². The molecule has 98 valence electrons. The van der Waals surface area contributed by atoms with Crippen molar-refractivity contribution >= 4 is 39.3 Å². The smallest absolute Gasteiger partial charge is 0.251 e. The maximum Gasteiger partial charge on any atom is 0.251 e. The monoisotopic (exact) mass is 339 g/mol. The van der Waals surface area contributed by atoms with Gasteiger partial charge in [-0.05, 0) is 24.3 Å². The highest BCUT2D eigenvalue weighted by molar-refractivity contribution is 9.10. The molecule has 0 aliphatic rings. The first-order chi connectivity index (χ1) is 9.13. The molecular weight excluding hydrogens is 330 g/mol. The predicted octanol–water partition coefficient (Wildman–Crippen LogP) is 2.26. The number of rotatable bonds is 4. The first-order valence-corrected chi connectivity index (χ1v) is 7.15. The lowest BCUT2D eigenvalue weighted by Gasteiger charge is -2.04. The van der Waals surface area contributed by atoms with E-state index in [-0.39, 0.29) is 17.2 Å². The van der Waals surface area contributed by atoms with Gasteiger partial charge in [0.2, 0.25) is 5.91 Å². The number of anilines is 1. The lowest BCUT2D eigenvalue weighted by atomic mass is 10.3. The molecule has 1 amide bonds. The molecule has 0 aliphatic heterocycles. The molecule has 2 rings (SSSR count). The number of nitrogens with one attached hydrogen (secondary N) is 2. The Morgan fingerprint density at radius 2 is 2.05 bits per heavy atom. The zero-order chi connectivity index (χ0) is 13.7. The molecule has 0 saturated heterocycles. The number of aromatic nitrogens is 2. The fourth-order valence-electron chi connectivity index (χ4n) is 1.29. The van der Waals surface area contributed by atoms with Crippen LogP contribution in [0.15, 0.2) is 51.0 Å². The van der Waals surface area contributed by atoms with Gasteiger partial charge in [0.05, 0.1) is 5.75 Å². The van der Waals surface area contributed by atoms with E-state index in [1.807, 2.05) is 12.1 Å². The number of thioether (sulfide) groups is 1. The highest BCUT2D eigenvalue weighted by Crippen LogP contribution is 2.15. The fourth-order valence-corrected chi connectivity index (χ4v) is 2.20. The first-order valence-electron chi connectivity index (χ1n) is 5.37. The van der Waals surface area contributed by atoms with Crippen molar-refractivity contribution in [2.24, 2.45) is 0 Å². The van der Waals surface area contributed by atoms with E-state index in [1.165, 1.54) is 24.0 Å². The topological polar surface area (TPSA) is 74.8 Å². The van der Waals surface area contributed by atoms with Gasteiger partial charge in [-0.15, -0.1) is 0 Å². The van der Waals surface area contributed by atoms with E-state index in [0.29, 0.717) is 5.16 Å². The van der Waals surface area contributed by atoms with Gasteiger partial charge in [0.1, 0.15) is 0 Å². The number of carbonyl (C=O) groups excluding carboxylic acids is 1. The SMILES string of the molecule is O=C(CSc1nccc(=O)[nH]1)Nc1ccc(Br)cc1. The Hall–Kier alpha value is -1.60. The number of H-pyrrole nitrogens is 1. The minimum absolute atomic E-state index is 0.154. The van der Waals surface area contributed by atoms with E-state index in [1.54, 1.807) is 12.1 Å². The van der Waals surface area contributed by atoms with Crippen molar-refractivity contribution < 1.29 is 4.79 Å². The Bertz CT molecular complexity index is 627. The minimum Gasteiger partial charge on any atom is -0.325 e. The van der Waals surface area contributed by atoms with Gasteiger partial charge < -0.3 is 10.3 Å². The second kappa shape index (κ2) is 6.53. The number of aromatic amines is 1. The maximum atomic E-state index is 11.7. The molecule has 0 radical (unpaired) electrons. The van der Waals surface area contributed by atoms with E-state index < -0.39 is 0 Å². The number of hydrogen-bond acceptors (Lipinski definition) is 4. The van der Waals surface area contributed by atoms with Gasteiger partial charge in [-0.25, -0.2) is 4.98 Å². The van der Waals surface area contributed by atoms with E-state index in [4.69, 9.17) is 0 Å². The van der Waals surface area contributed by atoms with Crippen molar-refractivity contribution in [1.29, 1.82) is 0 Å². The standard InChI is InChI=1S/C12H10BrN3O2S/c13-8-1-3-9(4-2-8)15-11(18)7-19-12-14-6-5-10(17)16-12/h1-6H,7H2,(H,15,18)(H,14,16,17). The van der Waals surface area contributed by atoms with Gasteiger partial charge in [0.15, 0.2) is 5.16 Å². The fraction of sp³-hybridized carbons (Fsp3) is 0.0833. The molecule has 0 atom stereocenters. The second-order valence-electron chi connectivity index (χ2n) is 3.58. The number of carbonyl (C=O) groups is 1. The molecule has 7 heteroatoms. The summed E-state index contributed by atoms with van der Waals surface area (Å²) in [5, 5.41) is 3.18. The summed E-state index contributed by atoms with van der Waals surface area (Å²) in [5.41, 5.74) is 0.495. The molecule has 0 saturated carbocycles. The summed E-state index contributed by atoms with van der Waals surface area (Å²) in [4.78, 5) is 29.2. The zero-order valence-electron chi connectivity index (χ0n) is 9.72. The molecule has 1 aromatic heterocycles. The van der Waals surface area contributed by atoms with Crippen LogP contribution in [0.25, 0.3) is 0 Å². The van der Waals surface area contributed by atoms with Crippen LogP contribution < -0.4 is 10.9 Å². The van der Waals surface area contributed by atoms with Gasteiger partial charge in [-0.1, -0.05) is 27.7 Å². The van der Waals surface area contributed by atoms with Crippen LogP contribution in [-0.4, -0.2) is 21.6 Å². The molecule has 2 aromatic rings. The summed E-state index contributed by atoms with van der Waals surface area (Å²) in [7, 11) is 0. The molecule has 0 bridgehead atoms. The van der Waals surface area contributed by atoms with Gasteiger partial charge in [0, 0.05) is 22.4 Å². The van der Waals surface area contributed by atoms with E-state index >= 15 is 0 Å². The van der Waals surface area contributed by atoms with Crippen LogP contribution in [0.5, 0.6) is 0 Å². The summed E-state index contributed by atoms with van der Waals surface area (Å²) in [6.45, 7) is 0. The molecular formula is C12H10BrN3O2S. The molecule has 19 heavy (non-hydrogen) atoms. The van der Waals surface area contributed by atoms with Crippen molar-refractivity contribution in [1.82, 2.24) is 9.97 Å². The molecule has 0 aliphatic carbocycles. The van der Waals surface area contributed by atoms with Gasteiger partial charge >= 0.3 is 0 Å². The Kier molecular flexibility index (Phi) is 4.75. The molecule has 2 N–H and O–H groups in total. The first kappa shape index (κ1) is 13.8. The highest BCUT2D eigenvalue weighted by atomic mass is 79.9. The Balaban J connectivity index is 1.88. The van der Waals surface area contributed by atoms with E-state index in [9.17, 15) is 9.59 Å². The Morgan fingerprint density at radius 3 is 2.74 bits per heavy atom. The number of hydrogen-bond donors (Lipinski definition) is 2. The number of halogens is 1. The summed E-state index contributed by atoms with van der Waals surface area (Å²) < 4.78 is 0.950. The van der Waals surface area contributed by atoms with E-state index in [2.05, 4.69) is 31.2 Å². The van der Waals surface area contributed by atoms with Crippen LogP contribution in [0.1, 0.15) is 0 Å². The Morgan fingerprint density at radius 1 is 1.32 bits per heavy atom. The van der Waals surface area contributed by atoms with Crippen molar-refractivity contribution in [3.63, 3.8) is 0 Å². The van der Waals surface area contributed by atoms with Crippen molar-refractivity contribution in [2.75, 3.05) is 11.1 Å². The highest BCUT2D eigenvalue weighted by Gasteiger charge is 2.04. The summed E-state index contributed by atoms with van der Waals surface area (Å²) in [6, 6.07) is 8.62. The molecule has 0 unspecified atom stereocenters. The Labute approximate surface area is 122 Å². The zero-order valence-corrected chi connectivity index (χ0v) is 12.1. The lowest BCUT2D eigenvalue weighted by molar-refractivity contribution is -0.113. The van der Waals surface area contributed by atoms with Gasteiger partial charge in [-0.2, -0.15) is 0 Å². The third-order valence-corrected chi connectivity index (χ3v) is 3.53. The van der Waals surface area contributed by atoms with Crippen molar-refractivity contribution in [3.8, 4) is 0 Å². The van der Waals surface area contributed by atoms with E-state index in [0.717, 1.165) is 10.2 Å². The quantitative estimate of drug-likeness (QED) is 0.661. The van der Waals surface area contributed by atoms with Crippen LogP contribution in [-0.2, 0) is 4.79 Å². The average Bonchev–Trinajstić information content (AvgIpc) is 2.39. The second-order valence-corrected chi connectivity index (χ2v) is 5.46. The minimum atomic E-state index is -0.231. The van der Waals surface area contributed by atoms with Crippen LogP contribution in [0, 0.1) is 0 Å². The maximum absolute atomic E-state index is 11.7. The number of benzene rings is 1.